The maximum atomic E-state index is 11.9. The van der Waals surface area contributed by atoms with Gasteiger partial charge in [-0.15, -0.1) is 0 Å². The lowest BCUT2D eigenvalue weighted by Gasteiger charge is -2.21. The van der Waals surface area contributed by atoms with E-state index >= 15 is 0 Å². The first-order valence-electron chi connectivity index (χ1n) is 6.01. The SMILES string of the molecule is Cc1onc(C(=O)NC2CCCCC2)c1[N+](=O)[O-]. The van der Waals surface area contributed by atoms with Crippen molar-refractivity contribution in [2.75, 3.05) is 0 Å². The predicted molar refractivity (Wildman–Crippen MR) is 62.2 cm³/mol. The summed E-state index contributed by atoms with van der Waals surface area (Å²) >= 11 is 0. The minimum atomic E-state index is -0.637. The van der Waals surface area contributed by atoms with Crippen LogP contribution >= 0.6 is 0 Å². The summed E-state index contributed by atoms with van der Waals surface area (Å²) in [5, 5.41) is 17.1. The standard InChI is InChI=1S/C11H15N3O4/c1-7-10(14(16)17)9(13-18-7)11(15)12-8-5-3-2-4-6-8/h8H,2-6H2,1H3,(H,12,15). The van der Waals surface area contributed by atoms with Crippen molar-refractivity contribution in [1.82, 2.24) is 10.5 Å². The Hall–Kier alpha value is -1.92. The highest BCUT2D eigenvalue weighted by Crippen LogP contribution is 2.23. The van der Waals surface area contributed by atoms with Gasteiger partial charge in [-0.25, -0.2) is 0 Å². The topological polar surface area (TPSA) is 98.3 Å². The summed E-state index contributed by atoms with van der Waals surface area (Å²) in [5.41, 5.74) is -0.577. The van der Waals surface area contributed by atoms with Gasteiger partial charge in [-0.05, 0) is 12.8 Å². The van der Waals surface area contributed by atoms with Crippen LogP contribution in [0.25, 0.3) is 0 Å². The molecule has 1 N–H and O–H groups in total. The molecule has 2 rings (SSSR count). The van der Waals surface area contributed by atoms with Gasteiger partial charge in [-0.1, -0.05) is 24.4 Å². The van der Waals surface area contributed by atoms with Crippen LogP contribution in [0.2, 0.25) is 0 Å². The fourth-order valence-electron chi connectivity index (χ4n) is 2.23. The maximum Gasteiger partial charge on any atom is 0.344 e. The first-order chi connectivity index (χ1) is 8.59. The van der Waals surface area contributed by atoms with Crippen LogP contribution in [0.3, 0.4) is 0 Å². The third-order valence-corrected chi connectivity index (χ3v) is 3.17. The Morgan fingerprint density at radius 1 is 1.44 bits per heavy atom. The van der Waals surface area contributed by atoms with E-state index in [1.807, 2.05) is 0 Å². The van der Waals surface area contributed by atoms with Gasteiger partial charge < -0.3 is 9.84 Å². The number of nitro groups is 1. The Bertz CT molecular complexity index is 463. The average molecular weight is 253 g/mol. The molecule has 0 aliphatic heterocycles. The molecule has 1 aliphatic carbocycles. The number of hydrogen-bond acceptors (Lipinski definition) is 5. The largest absolute Gasteiger partial charge is 0.353 e. The molecule has 18 heavy (non-hydrogen) atoms. The Kier molecular flexibility index (Phi) is 3.59. The van der Waals surface area contributed by atoms with Gasteiger partial charge in [0, 0.05) is 13.0 Å². The molecule has 1 heterocycles. The summed E-state index contributed by atoms with van der Waals surface area (Å²) in [6, 6.07) is 0.0860. The summed E-state index contributed by atoms with van der Waals surface area (Å²) in [5.74, 6) is -0.473. The van der Waals surface area contributed by atoms with Crippen LogP contribution in [-0.2, 0) is 0 Å². The van der Waals surface area contributed by atoms with E-state index < -0.39 is 10.8 Å². The number of nitrogens with zero attached hydrogens (tertiary/aromatic N) is 2. The number of hydrogen-bond donors (Lipinski definition) is 1. The van der Waals surface area contributed by atoms with Crippen molar-refractivity contribution in [3.05, 3.63) is 21.6 Å². The molecular formula is C11H15N3O4. The smallest absolute Gasteiger partial charge is 0.344 e. The summed E-state index contributed by atoms with van der Waals surface area (Å²) in [6.07, 6.45) is 5.15. The number of amides is 1. The molecule has 1 aromatic rings. The van der Waals surface area contributed by atoms with Crippen molar-refractivity contribution in [2.24, 2.45) is 0 Å². The normalized spacial score (nSPS) is 16.5. The minimum absolute atomic E-state index is 0.0498. The van der Waals surface area contributed by atoms with Gasteiger partial charge in [-0.3, -0.25) is 14.9 Å². The van der Waals surface area contributed by atoms with Crippen LogP contribution in [0.1, 0.15) is 48.4 Å². The highest BCUT2D eigenvalue weighted by Gasteiger charge is 2.30. The summed E-state index contributed by atoms with van der Waals surface area (Å²) in [4.78, 5) is 22.1. The molecule has 0 radical (unpaired) electrons. The lowest BCUT2D eigenvalue weighted by molar-refractivity contribution is -0.386. The highest BCUT2D eigenvalue weighted by atomic mass is 16.6. The number of carbonyl (C=O) groups is 1. The van der Waals surface area contributed by atoms with E-state index in [2.05, 4.69) is 10.5 Å². The zero-order chi connectivity index (χ0) is 13.1. The van der Waals surface area contributed by atoms with Crippen LogP contribution in [-0.4, -0.2) is 22.0 Å². The van der Waals surface area contributed by atoms with Crippen molar-refractivity contribution in [3.63, 3.8) is 0 Å². The summed E-state index contributed by atoms with van der Waals surface area (Å²) in [7, 11) is 0. The average Bonchev–Trinajstić information content (AvgIpc) is 2.72. The molecule has 98 valence electrons. The minimum Gasteiger partial charge on any atom is -0.353 e. The molecule has 1 fully saturated rings. The second-order valence-electron chi connectivity index (χ2n) is 4.50. The second kappa shape index (κ2) is 5.16. The number of aryl methyl sites for hydroxylation is 1. The number of carbonyl (C=O) groups excluding carboxylic acids is 1. The van der Waals surface area contributed by atoms with Crippen LogP contribution in [0, 0.1) is 17.0 Å². The Labute approximate surface area is 104 Å². The van der Waals surface area contributed by atoms with Crippen molar-refractivity contribution in [1.29, 1.82) is 0 Å². The van der Waals surface area contributed by atoms with Gasteiger partial charge in [0.25, 0.3) is 5.91 Å². The molecule has 0 bridgehead atoms. The zero-order valence-electron chi connectivity index (χ0n) is 10.1. The van der Waals surface area contributed by atoms with Gasteiger partial charge in [0.15, 0.2) is 0 Å². The van der Waals surface area contributed by atoms with Crippen molar-refractivity contribution in [3.8, 4) is 0 Å². The molecule has 1 aliphatic rings. The quantitative estimate of drug-likeness (QED) is 0.655. The first-order valence-corrected chi connectivity index (χ1v) is 6.01. The molecular weight excluding hydrogens is 238 g/mol. The molecule has 0 saturated heterocycles. The lowest BCUT2D eigenvalue weighted by Crippen LogP contribution is -2.36. The van der Waals surface area contributed by atoms with E-state index in [4.69, 9.17) is 4.52 Å². The van der Waals surface area contributed by atoms with Crippen molar-refractivity contribution in [2.45, 2.75) is 45.1 Å². The third-order valence-electron chi connectivity index (χ3n) is 3.17. The van der Waals surface area contributed by atoms with Gasteiger partial charge in [-0.2, -0.15) is 0 Å². The van der Waals surface area contributed by atoms with E-state index in [1.54, 1.807) is 0 Å². The first kappa shape index (κ1) is 12.5. The number of aromatic nitrogens is 1. The summed E-state index contributed by atoms with van der Waals surface area (Å²) < 4.78 is 4.71. The molecule has 0 unspecified atom stereocenters. The number of nitrogens with one attached hydrogen (secondary N) is 1. The van der Waals surface area contributed by atoms with Gasteiger partial charge in [0.2, 0.25) is 11.5 Å². The molecule has 0 spiro atoms. The van der Waals surface area contributed by atoms with E-state index in [0.29, 0.717) is 0 Å². The molecule has 7 heteroatoms. The van der Waals surface area contributed by atoms with E-state index in [1.165, 1.54) is 13.3 Å². The van der Waals surface area contributed by atoms with Gasteiger partial charge in [0.05, 0.1) is 4.92 Å². The maximum absolute atomic E-state index is 11.9. The Balaban J connectivity index is 2.11. The Morgan fingerprint density at radius 2 is 2.11 bits per heavy atom. The lowest BCUT2D eigenvalue weighted by atomic mass is 9.95. The zero-order valence-corrected chi connectivity index (χ0v) is 10.1. The predicted octanol–water partition coefficient (Wildman–Crippen LogP) is 1.95. The fraction of sp³-hybridized carbons (Fsp3) is 0.636. The van der Waals surface area contributed by atoms with Crippen LogP contribution in [0.15, 0.2) is 4.52 Å². The molecule has 1 amide bonds. The molecule has 0 atom stereocenters. The van der Waals surface area contributed by atoms with Crippen molar-refractivity contribution < 1.29 is 14.2 Å². The van der Waals surface area contributed by atoms with Crippen LogP contribution in [0.4, 0.5) is 5.69 Å². The monoisotopic (exact) mass is 253 g/mol. The van der Waals surface area contributed by atoms with Crippen LogP contribution in [0.5, 0.6) is 0 Å². The van der Waals surface area contributed by atoms with Gasteiger partial charge >= 0.3 is 5.69 Å². The summed E-state index contributed by atoms with van der Waals surface area (Å²) in [6.45, 7) is 1.42. The molecule has 0 aromatic carbocycles. The van der Waals surface area contributed by atoms with Crippen LogP contribution < -0.4 is 5.32 Å². The highest BCUT2D eigenvalue weighted by molar-refractivity contribution is 5.96. The third kappa shape index (κ3) is 2.49. The fourth-order valence-corrected chi connectivity index (χ4v) is 2.23. The van der Waals surface area contributed by atoms with E-state index in [0.717, 1.165) is 25.7 Å². The van der Waals surface area contributed by atoms with E-state index in [-0.39, 0.29) is 23.2 Å². The molecule has 1 saturated carbocycles. The van der Waals surface area contributed by atoms with Gasteiger partial charge in [0.1, 0.15) is 0 Å². The second-order valence-corrected chi connectivity index (χ2v) is 4.50. The molecule has 7 nitrogen and oxygen atoms in total. The Morgan fingerprint density at radius 3 is 2.72 bits per heavy atom. The molecule has 1 aromatic heterocycles. The van der Waals surface area contributed by atoms with Crippen molar-refractivity contribution >= 4 is 11.6 Å². The van der Waals surface area contributed by atoms with E-state index in [9.17, 15) is 14.9 Å². The number of rotatable bonds is 3.